The highest BCUT2D eigenvalue weighted by molar-refractivity contribution is 5.98. The number of piperazine rings is 1. The average Bonchev–Trinajstić information content (AvgIpc) is 3.33. The molecule has 0 aliphatic carbocycles. The highest BCUT2D eigenvalue weighted by atomic mass is 19.1. The van der Waals surface area contributed by atoms with Crippen molar-refractivity contribution in [2.75, 3.05) is 45.7 Å². The summed E-state index contributed by atoms with van der Waals surface area (Å²) in [6.07, 6.45) is 0. The highest BCUT2D eigenvalue weighted by Crippen LogP contribution is 2.33. The van der Waals surface area contributed by atoms with Gasteiger partial charge in [-0.25, -0.2) is 9.18 Å². The molecule has 2 heterocycles. The van der Waals surface area contributed by atoms with Crippen molar-refractivity contribution in [1.29, 1.82) is 0 Å². The maximum absolute atomic E-state index is 15.0. The first-order valence-corrected chi connectivity index (χ1v) is 13.0. The fraction of sp³-hybridized carbons (Fsp3) is 0.226. The molecule has 206 valence electrons. The quantitative estimate of drug-likeness (QED) is 0.344. The van der Waals surface area contributed by atoms with E-state index >= 15 is 0 Å². The number of aromatic nitrogens is 1. The minimum atomic E-state index is -0.389. The molecule has 0 atom stereocenters. The fourth-order valence-electron chi connectivity index (χ4n) is 4.95. The molecule has 1 aliphatic heterocycles. The second-order valence-corrected chi connectivity index (χ2v) is 9.49. The van der Waals surface area contributed by atoms with Gasteiger partial charge < -0.3 is 29.2 Å². The van der Waals surface area contributed by atoms with Crippen molar-refractivity contribution < 1.29 is 23.5 Å². The predicted molar refractivity (Wildman–Crippen MR) is 152 cm³/mol. The number of halogens is 1. The van der Waals surface area contributed by atoms with E-state index < -0.39 is 0 Å². The summed E-state index contributed by atoms with van der Waals surface area (Å²) in [4.78, 5) is 30.0. The van der Waals surface area contributed by atoms with Gasteiger partial charge in [0.15, 0.2) is 0 Å². The molecule has 0 bridgehead atoms. The number of hydrogen-bond donors (Lipinski definition) is 1. The summed E-state index contributed by atoms with van der Waals surface area (Å²) in [6, 6.07) is 22.7. The maximum Gasteiger partial charge on any atom is 0.321 e. The molecule has 5 rings (SSSR count). The number of rotatable bonds is 6. The third-order valence-electron chi connectivity index (χ3n) is 7.11. The standard InChI is InChI=1S/C31H31FN4O4/c1-21-26(20-29(22-8-6-10-24(18-22)39-2)36(21)28-13-5-4-12-27(28)32)30(37)34-14-16-35(17-15-34)31(38)33-23-9-7-11-25(19-23)40-3/h4-13,18-20H,14-17H2,1-3H3,(H,33,38). The second-order valence-electron chi connectivity index (χ2n) is 9.49. The molecule has 40 heavy (non-hydrogen) atoms. The van der Waals surface area contributed by atoms with Crippen molar-refractivity contribution in [2.24, 2.45) is 0 Å². The van der Waals surface area contributed by atoms with Crippen LogP contribution in [0.25, 0.3) is 16.9 Å². The molecule has 0 unspecified atom stereocenters. The number of anilines is 1. The topological polar surface area (TPSA) is 76.0 Å². The van der Waals surface area contributed by atoms with Gasteiger partial charge >= 0.3 is 6.03 Å². The smallest absolute Gasteiger partial charge is 0.321 e. The Morgan fingerprint density at radius 2 is 1.45 bits per heavy atom. The number of carbonyl (C=O) groups is 2. The Morgan fingerprint density at radius 1 is 0.800 bits per heavy atom. The molecule has 1 aromatic heterocycles. The number of nitrogens with one attached hydrogen (secondary N) is 1. The molecule has 1 saturated heterocycles. The van der Waals surface area contributed by atoms with Crippen LogP contribution in [0, 0.1) is 12.7 Å². The number of nitrogens with zero attached hydrogens (tertiary/aromatic N) is 3. The van der Waals surface area contributed by atoms with Gasteiger partial charge in [0.25, 0.3) is 5.91 Å². The fourth-order valence-corrected chi connectivity index (χ4v) is 4.95. The Balaban J connectivity index is 1.38. The van der Waals surface area contributed by atoms with Gasteiger partial charge in [-0.3, -0.25) is 4.79 Å². The average molecular weight is 543 g/mol. The van der Waals surface area contributed by atoms with E-state index in [1.54, 1.807) is 77.1 Å². The van der Waals surface area contributed by atoms with E-state index in [1.807, 2.05) is 31.2 Å². The molecule has 3 amide bonds. The predicted octanol–water partition coefficient (Wildman–Crippen LogP) is 5.60. The number of carbonyl (C=O) groups excluding carboxylic acids is 2. The molecule has 8 nitrogen and oxygen atoms in total. The summed E-state index contributed by atoms with van der Waals surface area (Å²) >= 11 is 0. The minimum absolute atomic E-state index is 0.162. The van der Waals surface area contributed by atoms with Crippen LogP contribution in [0.2, 0.25) is 0 Å². The Bertz CT molecular complexity index is 1540. The molecule has 0 spiro atoms. The largest absolute Gasteiger partial charge is 0.497 e. The van der Waals surface area contributed by atoms with Gasteiger partial charge in [-0.2, -0.15) is 0 Å². The molecule has 0 radical (unpaired) electrons. The zero-order valence-corrected chi connectivity index (χ0v) is 22.7. The molecular weight excluding hydrogens is 511 g/mol. The number of hydrogen-bond acceptors (Lipinski definition) is 4. The van der Waals surface area contributed by atoms with Crippen LogP contribution < -0.4 is 14.8 Å². The molecule has 1 fully saturated rings. The first-order valence-electron chi connectivity index (χ1n) is 13.0. The zero-order chi connectivity index (χ0) is 28.2. The van der Waals surface area contributed by atoms with E-state index in [4.69, 9.17) is 9.47 Å². The van der Waals surface area contributed by atoms with Crippen molar-refractivity contribution in [1.82, 2.24) is 14.4 Å². The van der Waals surface area contributed by atoms with Crippen molar-refractivity contribution in [3.63, 3.8) is 0 Å². The first-order chi connectivity index (χ1) is 19.4. The van der Waals surface area contributed by atoms with Crippen LogP contribution in [0.4, 0.5) is 14.9 Å². The third-order valence-corrected chi connectivity index (χ3v) is 7.11. The van der Waals surface area contributed by atoms with Crippen molar-refractivity contribution in [3.05, 3.63) is 95.9 Å². The summed E-state index contributed by atoms with van der Waals surface area (Å²) in [5.74, 6) is 0.761. The number of urea groups is 1. The van der Waals surface area contributed by atoms with E-state index in [1.165, 1.54) is 6.07 Å². The Morgan fingerprint density at radius 3 is 2.15 bits per heavy atom. The van der Waals surface area contributed by atoms with Crippen molar-refractivity contribution in [3.8, 4) is 28.4 Å². The van der Waals surface area contributed by atoms with Crippen LogP contribution in [-0.2, 0) is 0 Å². The Hall–Kier alpha value is -4.79. The lowest BCUT2D eigenvalue weighted by Gasteiger charge is -2.34. The number of amides is 3. The third kappa shape index (κ3) is 5.36. The summed E-state index contributed by atoms with van der Waals surface area (Å²) in [5.41, 5.74) is 3.58. The van der Waals surface area contributed by atoms with Crippen molar-refractivity contribution >= 4 is 17.6 Å². The van der Waals surface area contributed by atoms with Crippen LogP contribution in [0.5, 0.6) is 11.5 Å². The zero-order valence-electron chi connectivity index (χ0n) is 22.7. The number of para-hydroxylation sites is 1. The lowest BCUT2D eigenvalue weighted by molar-refractivity contribution is 0.0671. The number of methoxy groups -OCH3 is 2. The number of benzene rings is 3. The SMILES string of the molecule is COc1cccc(NC(=O)N2CCN(C(=O)c3cc(-c4cccc(OC)c4)n(-c4ccccc4F)c3C)CC2)c1. The molecule has 0 saturated carbocycles. The normalized spacial score (nSPS) is 13.2. The molecule has 4 aromatic rings. The van der Waals surface area contributed by atoms with Gasteiger partial charge in [-0.1, -0.05) is 30.3 Å². The van der Waals surface area contributed by atoms with Crippen LogP contribution in [-0.4, -0.2) is 66.7 Å². The van der Waals surface area contributed by atoms with Gasteiger partial charge in [0, 0.05) is 49.2 Å². The van der Waals surface area contributed by atoms with E-state index in [0.29, 0.717) is 66.0 Å². The first kappa shape index (κ1) is 26.8. The van der Waals surface area contributed by atoms with Crippen LogP contribution in [0.3, 0.4) is 0 Å². The molecule has 9 heteroatoms. The Labute approximate surface area is 232 Å². The van der Waals surface area contributed by atoms with E-state index in [-0.39, 0.29) is 17.8 Å². The van der Waals surface area contributed by atoms with E-state index in [2.05, 4.69) is 5.32 Å². The van der Waals surface area contributed by atoms with Gasteiger partial charge in [0.2, 0.25) is 0 Å². The van der Waals surface area contributed by atoms with Gasteiger partial charge in [0.05, 0.1) is 31.2 Å². The van der Waals surface area contributed by atoms with Crippen molar-refractivity contribution in [2.45, 2.75) is 6.92 Å². The molecule has 1 N–H and O–H groups in total. The van der Waals surface area contributed by atoms with Crippen LogP contribution >= 0.6 is 0 Å². The Kier molecular flexibility index (Phi) is 7.72. The van der Waals surface area contributed by atoms with E-state index in [9.17, 15) is 14.0 Å². The minimum Gasteiger partial charge on any atom is -0.497 e. The van der Waals surface area contributed by atoms with Crippen LogP contribution in [0.15, 0.2) is 78.9 Å². The van der Waals surface area contributed by atoms with Gasteiger partial charge in [-0.15, -0.1) is 0 Å². The highest BCUT2D eigenvalue weighted by Gasteiger charge is 2.28. The molecule has 3 aromatic carbocycles. The van der Waals surface area contributed by atoms with Crippen LogP contribution in [0.1, 0.15) is 16.1 Å². The summed E-state index contributed by atoms with van der Waals surface area (Å²) in [7, 11) is 3.16. The lowest BCUT2D eigenvalue weighted by Crippen LogP contribution is -2.51. The molecular formula is C31H31FN4O4. The van der Waals surface area contributed by atoms with Gasteiger partial charge in [-0.05, 0) is 49.4 Å². The summed E-state index contributed by atoms with van der Waals surface area (Å²) < 4.78 is 27.4. The maximum atomic E-state index is 15.0. The lowest BCUT2D eigenvalue weighted by atomic mass is 10.1. The number of ether oxygens (including phenoxy) is 2. The monoisotopic (exact) mass is 542 g/mol. The second kappa shape index (κ2) is 11.5. The van der Waals surface area contributed by atoms with Gasteiger partial charge in [0.1, 0.15) is 17.3 Å². The summed E-state index contributed by atoms with van der Waals surface area (Å²) in [5, 5.41) is 2.89. The molecule has 1 aliphatic rings. The summed E-state index contributed by atoms with van der Waals surface area (Å²) in [6.45, 7) is 3.35. The van der Waals surface area contributed by atoms with E-state index in [0.717, 1.165) is 5.56 Å².